The summed E-state index contributed by atoms with van der Waals surface area (Å²) in [6.45, 7) is 4.45. The van der Waals surface area contributed by atoms with Crippen molar-refractivity contribution in [3.63, 3.8) is 0 Å². The zero-order valence-corrected chi connectivity index (χ0v) is 15.0. The van der Waals surface area contributed by atoms with Crippen LogP contribution >= 0.6 is 28.1 Å². The molecule has 1 unspecified atom stereocenters. The van der Waals surface area contributed by atoms with Gasteiger partial charge in [0.25, 0.3) is 5.91 Å². The van der Waals surface area contributed by atoms with Gasteiger partial charge in [-0.2, -0.15) is 5.10 Å². The second-order valence-corrected chi connectivity index (χ2v) is 5.98. The van der Waals surface area contributed by atoms with Crippen LogP contribution in [0.4, 0.5) is 4.39 Å². The molecule has 0 saturated heterocycles. The largest absolute Gasteiger partial charge is 0.480 e. The molecule has 1 amide bonds. The fourth-order valence-corrected chi connectivity index (χ4v) is 2.66. The Labute approximate surface area is 146 Å². The zero-order valence-electron chi connectivity index (χ0n) is 12.6. The molecular formula is C14H16BrFN4O2S. The molecule has 124 valence electrons. The van der Waals surface area contributed by atoms with Gasteiger partial charge in [0.1, 0.15) is 11.6 Å². The van der Waals surface area contributed by atoms with Crippen LogP contribution in [0.2, 0.25) is 0 Å². The first kappa shape index (κ1) is 17.6. The molecule has 0 spiro atoms. The smallest absolute Gasteiger partial charge is 0.261 e. The van der Waals surface area contributed by atoms with Crippen LogP contribution in [-0.2, 0) is 17.9 Å². The minimum Gasteiger partial charge on any atom is -0.480 e. The molecular weight excluding hydrogens is 387 g/mol. The van der Waals surface area contributed by atoms with Crippen LogP contribution in [0.5, 0.6) is 5.75 Å². The van der Waals surface area contributed by atoms with E-state index in [2.05, 4.69) is 31.4 Å². The number of hydrogen-bond acceptors (Lipinski definition) is 4. The number of H-pyrrole nitrogens is 1. The molecule has 1 aromatic carbocycles. The van der Waals surface area contributed by atoms with Crippen LogP contribution in [0, 0.1) is 10.6 Å². The van der Waals surface area contributed by atoms with Crippen molar-refractivity contribution in [2.45, 2.75) is 33.0 Å². The molecule has 1 aromatic heterocycles. The molecule has 0 saturated carbocycles. The normalized spacial score (nSPS) is 12.0. The number of nitrogens with zero attached hydrogens (tertiary/aromatic N) is 2. The standard InChI is InChI=1S/C14H16BrFN4O2S/c1-3-20-12(18-19-14(20)23)7-17-13(21)8(2)22-11-5-4-9(16)6-10(11)15/h4-6,8H,3,7H2,1-2H3,(H,17,21)(H,19,23). The highest BCUT2D eigenvalue weighted by atomic mass is 79.9. The summed E-state index contributed by atoms with van der Waals surface area (Å²) >= 11 is 8.28. The number of ether oxygens (including phenoxy) is 1. The predicted octanol–water partition coefficient (Wildman–Crippen LogP) is 2.95. The van der Waals surface area contributed by atoms with Gasteiger partial charge in [0.2, 0.25) is 0 Å². The summed E-state index contributed by atoms with van der Waals surface area (Å²) in [7, 11) is 0. The molecule has 23 heavy (non-hydrogen) atoms. The van der Waals surface area contributed by atoms with E-state index in [0.717, 1.165) is 0 Å². The van der Waals surface area contributed by atoms with Crippen molar-refractivity contribution in [2.24, 2.45) is 0 Å². The first-order valence-corrected chi connectivity index (χ1v) is 8.16. The zero-order chi connectivity index (χ0) is 17.0. The van der Waals surface area contributed by atoms with Crippen molar-refractivity contribution in [1.29, 1.82) is 0 Å². The average molecular weight is 403 g/mol. The van der Waals surface area contributed by atoms with E-state index in [0.29, 0.717) is 27.4 Å². The lowest BCUT2D eigenvalue weighted by molar-refractivity contribution is -0.127. The summed E-state index contributed by atoms with van der Waals surface area (Å²) in [5.74, 6) is 0.341. The van der Waals surface area contributed by atoms with Crippen LogP contribution in [0.3, 0.4) is 0 Å². The van der Waals surface area contributed by atoms with E-state index < -0.39 is 6.10 Å². The molecule has 0 fully saturated rings. The Morgan fingerprint density at radius 2 is 2.35 bits per heavy atom. The quantitative estimate of drug-likeness (QED) is 0.728. The maximum atomic E-state index is 13.0. The lowest BCUT2D eigenvalue weighted by Gasteiger charge is -2.15. The minimum atomic E-state index is -0.742. The van der Waals surface area contributed by atoms with E-state index >= 15 is 0 Å². The van der Waals surface area contributed by atoms with Gasteiger partial charge in [0.15, 0.2) is 16.7 Å². The lowest BCUT2D eigenvalue weighted by atomic mass is 10.3. The third kappa shape index (κ3) is 4.38. The average Bonchev–Trinajstić information content (AvgIpc) is 2.87. The number of hydrogen-bond donors (Lipinski definition) is 2. The van der Waals surface area contributed by atoms with E-state index in [4.69, 9.17) is 17.0 Å². The Balaban J connectivity index is 1.96. The Morgan fingerprint density at radius 3 is 3.00 bits per heavy atom. The Hall–Kier alpha value is -1.74. The Morgan fingerprint density at radius 1 is 1.61 bits per heavy atom. The highest BCUT2D eigenvalue weighted by molar-refractivity contribution is 9.10. The minimum absolute atomic E-state index is 0.234. The molecule has 6 nitrogen and oxygen atoms in total. The van der Waals surface area contributed by atoms with Crippen LogP contribution in [0.25, 0.3) is 0 Å². The maximum absolute atomic E-state index is 13.0. The Bertz CT molecular complexity index is 761. The Kier molecular flexibility index (Phi) is 5.89. The molecule has 2 aromatic rings. The van der Waals surface area contributed by atoms with Gasteiger partial charge in [0, 0.05) is 6.54 Å². The number of amides is 1. The molecule has 0 aliphatic carbocycles. The van der Waals surface area contributed by atoms with Gasteiger partial charge in [-0.25, -0.2) is 4.39 Å². The molecule has 0 bridgehead atoms. The molecule has 9 heteroatoms. The monoisotopic (exact) mass is 402 g/mol. The van der Waals surface area contributed by atoms with Gasteiger partial charge in [-0.3, -0.25) is 9.89 Å². The van der Waals surface area contributed by atoms with E-state index in [-0.39, 0.29) is 18.3 Å². The van der Waals surface area contributed by atoms with Crippen molar-refractivity contribution >= 4 is 34.1 Å². The second-order valence-electron chi connectivity index (χ2n) is 4.74. The van der Waals surface area contributed by atoms with E-state index in [1.807, 2.05) is 6.92 Å². The third-order valence-electron chi connectivity index (χ3n) is 3.14. The molecule has 2 rings (SSSR count). The summed E-state index contributed by atoms with van der Waals surface area (Å²) in [6, 6.07) is 4.01. The topological polar surface area (TPSA) is 71.9 Å². The highest BCUT2D eigenvalue weighted by Crippen LogP contribution is 2.26. The highest BCUT2D eigenvalue weighted by Gasteiger charge is 2.17. The number of benzene rings is 1. The van der Waals surface area contributed by atoms with Crippen LogP contribution in [-0.4, -0.2) is 26.8 Å². The van der Waals surface area contributed by atoms with Crippen molar-refractivity contribution in [3.8, 4) is 5.75 Å². The SMILES string of the molecule is CCn1c(CNC(=O)C(C)Oc2ccc(F)cc2Br)n[nH]c1=S. The molecule has 1 heterocycles. The van der Waals surface area contributed by atoms with Gasteiger partial charge in [-0.1, -0.05) is 0 Å². The number of rotatable bonds is 6. The van der Waals surface area contributed by atoms with Crippen LogP contribution in [0.1, 0.15) is 19.7 Å². The third-order valence-corrected chi connectivity index (χ3v) is 4.07. The predicted molar refractivity (Wildman–Crippen MR) is 89.1 cm³/mol. The number of aromatic amines is 1. The summed E-state index contributed by atoms with van der Waals surface area (Å²) < 4.78 is 21.3. The molecule has 0 aliphatic rings. The summed E-state index contributed by atoms with van der Waals surface area (Å²) in [5, 5.41) is 9.49. The molecule has 0 aliphatic heterocycles. The van der Waals surface area contributed by atoms with E-state index in [9.17, 15) is 9.18 Å². The van der Waals surface area contributed by atoms with Gasteiger partial charge in [0.05, 0.1) is 11.0 Å². The van der Waals surface area contributed by atoms with Gasteiger partial charge in [-0.15, -0.1) is 0 Å². The van der Waals surface area contributed by atoms with Crippen molar-refractivity contribution in [2.75, 3.05) is 0 Å². The number of halogens is 2. The van der Waals surface area contributed by atoms with E-state index in [1.165, 1.54) is 18.2 Å². The van der Waals surface area contributed by atoms with Gasteiger partial charge < -0.3 is 14.6 Å². The molecule has 1 atom stereocenters. The second kappa shape index (κ2) is 7.69. The number of carbonyl (C=O) groups is 1. The summed E-state index contributed by atoms with van der Waals surface area (Å²) in [4.78, 5) is 12.1. The lowest BCUT2D eigenvalue weighted by Crippen LogP contribution is -2.36. The fraction of sp³-hybridized carbons (Fsp3) is 0.357. The molecule has 0 radical (unpaired) electrons. The molecule has 2 N–H and O–H groups in total. The van der Waals surface area contributed by atoms with Crippen molar-refractivity contribution < 1.29 is 13.9 Å². The van der Waals surface area contributed by atoms with Gasteiger partial charge in [-0.05, 0) is 60.2 Å². The van der Waals surface area contributed by atoms with Crippen LogP contribution in [0.15, 0.2) is 22.7 Å². The van der Waals surface area contributed by atoms with Crippen LogP contribution < -0.4 is 10.1 Å². The summed E-state index contributed by atoms with van der Waals surface area (Å²) in [5.41, 5.74) is 0. The van der Waals surface area contributed by atoms with Gasteiger partial charge >= 0.3 is 0 Å². The number of aromatic nitrogens is 3. The maximum Gasteiger partial charge on any atom is 0.261 e. The first-order chi connectivity index (χ1) is 10.9. The number of nitrogens with one attached hydrogen (secondary N) is 2. The van der Waals surface area contributed by atoms with Crippen molar-refractivity contribution in [3.05, 3.63) is 39.1 Å². The van der Waals surface area contributed by atoms with Crippen molar-refractivity contribution in [1.82, 2.24) is 20.1 Å². The van der Waals surface area contributed by atoms with E-state index in [1.54, 1.807) is 11.5 Å². The fourth-order valence-electron chi connectivity index (χ4n) is 1.94. The first-order valence-electron chi connectivity index (χ1n) is 6.95. The number of carbonyl (C=O) groups excluding carboxylic acids is 1. The summed E-state index contributed by atoms with van der Waals surface area (Å²) in [6.07, 6.45) is -0.742.